The summed E-state index contributed by atoms with van der Waals surface area (Å²) in [4.78, 5) is 6.12. The summed E-state index contributed by atoms with van der Waals surface area (Å²) in [5.74, 6) is 0.650. The van der Waals surface area contributed by atoms with Crippen LogP contribution >= 0.6 is 12.2 Å². The maximum Gasteiger partial charge on any atom is 0.174 e. The summed E-state index contributed by atoms with van der Waals surface area (Å²) in [6.45, 7) is 1.77. The Morgan fingerprint density at radius 2 is 1.83 bits per heavy atom. The largest absolute Gasteiger partial charge is 0.381 e. The van der Waals surface area contributed by atoms with E-state index in [0.29, 0.717) is 10.7 Å². The van der Waals surface area contributed by atoms with Crippen LogP contribution in [0.5, 0.6) is 0 Å². The zero-order valence-corrected chi connectivity index (χ0v) is 10.9. The second kappa shape index (κ2) is 5.08. The second-order valence-corrected chi connectivity index (χ2v) is 5.07. The molecule has 0 saturated carbocycles. The molecule has 1 saturated heterocycles. The van der Waals surface area contributed by atoms with E-state index in [1.807, 2.05) is 6.20 Å². The van der Waals surface area contributed by atoms with Gasteiger partial charge in [0.1, 0.15) is 0 Å². The molecule has 94 valence electrons. The fourth-order valence-corrected chi connectivity index (χ4v) is 2.62. The number of nitrogens with one attached hydrogen (secondary N) is 2. The molecule has 0 atom stereocenters. The van der Waals surface area contributed by atoms with E-state index in [9.17, 15) is 0 Å². The van der Waals surface area contributed by atoms with Gasteiger partial charge in [0.25, 0.3) is 0 Å². The van der Waals surface area contributed by atoms with Crippen molar-refractivity contribution in [3.8, 4) is 11.3 Å². The first-order valence-electron chi connectivity index (χ1n) is 6.29. The molecule has 0 aliphatic carbocycles. The van der Waals surface area contributed by atoms with Crippen LogP contribution in [-0.2, 0) is 4.74 Å². The monoisotopic (exact) mass is 260 g/mol. The van der Waals surface area contributed by atoms with Crippen molar-refractivity contribution in [3.05, 3.63) is 40.8 Å². The Hall–Kier alpha value is -1.39. The summed E-state index contributed by atoms with van der Waals surface area (Å²) >= 11 is 5.04. The van der Waals surface area contributed by atoms with E-state index >= 15 is 0 Å². The predicted molar refractivity (Wildman–Crippen MR) is 74.2 cm³/mol. The Morgan fingerprint density at radius 3 is 2.44 bits per heavy atom. The fourth-order valence-electron chi connectivity index (χ4n) is 2.45. The highest BCUT2D eigenvalue weighted by molar-refractivity contribution is 7.71. The number of hydrogen-bond donors (Lipinski definition) is 2. The van der Waals surface area contributed by atoms with Gasteiger partial charge in [-0.2, -0.15) is 0 Å². The minimum absolute atomic E-state index is 0.650. The summed E-state index contributed by atoms with van der Waals surface area (Å²) in [6.07, 6.45) is 4.17. The highest BCUT2D eigenvalue weighted by atomic mass is 32.1. The Bertz CT molecular complexity index is 564. The molecule has 0 bridgehead atoms. The van der Waals surface area contributed by atoms with Crippen molar-refractivity contribution in [3.63, 3.8) is 0 Å². The third-order valence-corrected chi connectivity index (χ3v) is 3.73. The first-order valence-corrected chi connectivity index (χ1v) is 6.69. The smallest absolute Gasteiger partial charge is 0.174 e. The molecule has 2 N–H and O–H groups in total. The van der Waals surface area contributed by atoms with Crippen LogP contribution in [0.15, 0.2) is 30.5 Å². The number of benzene rings is 1. The van der Waals surface area contributed by atoms with Crippen molar-refractivity contribution in [2.75, 3.05) is 13.2 Å². The van der Waals surface area contributed by atoms with Gasteiger partial charge in [-0.1, -0.05) is 24.3 Å². The van der Waals surface area contributed by atoms with Crippen molar-refractivity contribution in [2.45, 2.75) is 18.8 Å². The third kappa shape index (κ3) is 2.40. The van der Waals surface area contributed by atoms with Gasteiger partial charge in [-0.3, -0.25) is 0 Å². The van der Waals surface area contributed by atoms with Crippen LogP contribution in [-0.4, -0.2) is 23.2 Å². The van der Waals surface area contributed by atoms with Crippen LogP contribution in [0.4, 0.5) is 0 Å². The van der Waals surface area contributed by atoms with Crippen LogP contribution in [0.25, 0.3) is 11.3 Å². The van der Waals surface area contributed by atoms with E-state index in [4.69, 9.17) is 17.0 Å². The predicted octanol–water partition coefficient (Wildman–Crippen LogP) is 3.63. The first-order chi connectivity index (χ1) is 8.83. The summed E-state index contributed by atoms with van der Waals surface area (Å²) in [6, 6.07) is 8.74. The molecule has 1 aliphatic rings. The highest BCUT2D eigenvalue weighted by Gasteiger charge is 2.15. The molecule has 1 aromatic carbocycles. The average Bonchev–Trinajstić information content (AvgIpc) is 2.87. The van der Waals surface area contributed by atoms with Crippen molar-refractivity contribution in [1.29, 1.82) is 0 Å². The van der Waals surface area contributed by atoms with Crippen LogP contribution in [0.1, 0.15) is 24.3 Å². The molecule has 3 rings (SSSR count). The molecule has 0 spiro atoms. The molecule has 1 aromatic heterocycles. The number of aromatic amines is 2. The molecular formula is C14H16N2OS. The number of ether oxygens (including phenoxy) is 1. The zero-order valence-electron chi connectivity index (χ0n) is 10.1. The number of aromatic nitrogens is 2. The minimum Gasteiger partial charge on any atom is -0.381 e. The quantitative estimate of drug-likeness (QED) is 0.809. The van der Waals surface area contributed by atoms with Crippen LogP contribution in [0.3, 0.4) is 0 Å². The van der Waals surface area contributed by atoms with Crippen molar-refractivity contribution >= 4 is 12.2 Å². The highest BCUT2D eigenvalue weighted by Crippen LogP contribution is 2.28. The lowest BCUT2D eigenvalue weighted by molar-refractivity contribution is 0.0853. The van der Waals surface area contributed by atoms with Crippen LogP contribution < -0.4 is 0 Å². The molecule has 3 nitrogen and oxygen atoms in total. The molecule has 2 heterocycles. The van der Waals surface area contributed by atoms with E-state index in [1.165, 1.54) is 5.56 Å². The van der Waals surface area contributed by atoms with Crippen molar-refractivity contribution in [1.82, 2.24) is 9.97 Å². The molecule has 1 aliphatic heterocycles. The first kappa shape index (κ1) is 11.7. The molecule has 0 amide bonds. The van der Waals surface area contributed by atoms with Crippen LogP contribution in [0.2, 0.25) is 0 Å². The number of rotatable bonds is 2. The Kier molecular flexibility index (Phi) is 3.30. The summed E-state index contributed by atoms with van der Waals surface area (Å²) in [5.41, 5.74) is 3.62. The van der Waals surface area contributed by atoms with Gasteiger partial charge < -0.3 is 14.7 Å². The van der Waals surface area contributed by atoms with Gasteiger partial charge in [0.15, 0.2) is 4.77 Å². The van der Waals surface area contributed by atoms with Crippen LogP contribution in [0, 0.1) is 4.77 Å². The number of imidazole rings is 1. The van der Waals surface area contributed by atoms with E-state index in [0.717, 1.165) is 37.3 Å². The van der Waals surface area contributed by atoms with E-state index < -0.39 is 0 Å². The van der Waals surface area contributed by atoms with Gasteiger partial charge in [0.05, 0.1) is 5.69 Å². The van der Waals surface area contributed by atoms with Gasteiger partial charge >= 0.3 is 0 Å². The maximum absolute atomic E-state index is 5.40. The zero-order chi connectivity index (χ0) is 12.4. The minimum atomic E-state index is 0.650. The molecule has 0 unspecified atom stereocenters. The number of hydrogen-bond acceptors (Lipinski definition) is 2. The number of H-pyrrole nitrogens is 2. The topological polar surface area (TPSA) is 40.8 Å². The van der Waals surface area contributed by atoms with E-state index in [2.05, 4.69) is 34.2 Å². The van der Waals surface area contributed by atoms with Crippen molar-refractivity contribution in [2.24, 2.45) is 0 Å². The normalized spacial score (nSPS) is 16.9. The molecule has 18 heavy (non-hydrogen) atoms. The summed E-state index contributed by atoms with van der Waals surface area (Å²) < 4.78 is 6.06. The molecule has 4 heteroatoms. The van der Waals surface area contributed by atoms with Gasteiger partial charge in [0, 0.05) is 19.4 Å². The van der Waals surface area contributed by atoms with E-state index in [1.54, 1.807) is 0 Å². The SMILES string of the molecule is S=c1[nH]cc(-c2ccc(C3CCOCC3)cc2)[nH]1. The molecule has 0 radical (unpaired) electrons. The summed E-state index contributed by atoms with van der Waals surface area (Å²) in [5, 5.41) is 0. The summed E-state index contributed by atoms with van der Waals surface area (Å²) in [7, 11) is 0. The Balaban J connectivity index is 1.82. The van der Waals surface area contributed by atoms with Gasteiger partial charge in [-0.15, -0.1) is 0 Å². The maximum atomic E-state index is 5.40. The third-order valence-electron chi connectivity index (χ3n) is 3.51. The van der Waals surface area contributed by atoms with Gasteiger partial charge in [-0.25, -0.2) is 0 Å². The van der Waals surface area contributed by atoms with Gasteiger partial charge in [-0.05, 0) is 42.1 Å². The fraction of sp³-hybridized carbons (Fsp3) is 0.357. The lowest BCUT2D eigenvalue weighted by Crippen LogP contribution is -2.13. The lowest BCUT2D eigenvalue weighted by Gasteiger charge is -2.22. The molecule has 1 fully saturated rings. The lowest BCUT2D eigenvalue weighted by atomic mass is 9.91. The molecule has 2 aromatic rings. The van der Waals surface area contributed by atoms with Gasteiger partial charge in [0.2, 0.25) is 0 Å². The van der Waals surface area contributed by atoms with E-state index in [-0.39, 0.29) is 0 Å². The Labute approximate surface area is 111 Å². The standard InChI is InChI=1S/C14H16N2OS/c18-14-15-9-13(16-14)12-3-1-10(2-4-12)11-5-7-17-8-6-11/h1-4,9,11H,5-8H2,(H2,15,16,18). The van der Waals surface area contributed by atoms with Crippen molar-refractivity contribution < 1.29 is 4.74 Å². The Morgan fingerprint density at radius 1 is 1.11 bits per heavy atom. The average molecular weight is 260 g/mol. The second-order valence-electron chi connectivity index (χ2n) is 4.67. The molecular weight excluding hydrogens is 244 g/mol.